The summed E-state index contributed by atoms with van der Waals surface area (Å²) >= 11 is 6.53. The smallest absolute Gasteiger partial charge is 0.270 e. The van der Waals surface area contributed by atoms with Crippen molar-refractivity contribution in [1.29, 1.82) is 0 Å². The minimum Gasteiger partial charge on any atom is -0.270 e. The van der Waals surface area contributed by atoms with Gasteiger partial charge in [-0.25, -0.2) is 4.79 Å². The second-order valence-electron chi connectivity index (χ2n) is 6.69. The monoisotopic (exact) mass is 363 g/mol. The molecule has 2 saturated heterocycles. The molecule has 0 unspecified atom stereocenters. The molecule has 0 radical (unpaired) electrons. The number of benzene rings is 3. The van der Waals surface area contributed by atoms with Gasteiger partial charge < -0.3 is 0 Å². The third-order valence-corrected chi connectivity index (χ3v) is 5.57. The largest absolute Gasteiger partial charge is 0.340 e. The quantitative estimate of drug-likeness (QED) is 0.636. The number of amides is 2. The van der Waals surface area contributed by atoms with E-state index < -0.39 is 0 Å². The fraction of sp³-hybridized carbons (Fsp3) is 0.190. The molecule has 0 N–H and O–H groups in total. The van der Waals surface area contributed by atoms with Crippen LogP contribution in [0.4, 0.5) is 10.5 Å². The normalized spacial score (nSPS) is 20.2. The number of anilines is 1. The maximum atomic E-state index is 13.3. The van der Waals surface area contributed by atoms with E-state index in [-0.39, 0.29) is 12.2 Å². The molecule has 0 bridgehead atoms. The summed E-state index contributed by atoms with van der Waals surface area (Å²) in [6, 6.07) is 22.1. The van der Waals surface area contributed by atoms with Crippen LogP contribution in [0.2, 0.25) is 5.02 Å². The van der Waals surface area contributed by atoms with Crippen LogP contribution < -0.4 is 4.90 Å². The molecule has 3 aromatic rings. The summed E-state index contributed by atoms with van der Waals surface area (Å²) in [4.78, 5) is 15.2. The zero-order chi connectivity index (χ0) is 17.7. The molecule has 130 valence electrons. The summed E-state index contributed by atoms with van der Waals surface area (Å²) in [7, 11) is 0. The second kappa shape index (κ2) is 6.01. The predicted molar refractivity (Wildman–Crippen MR) is 104 cm³/mol. The van der Waals surface area contributed by atoms with E-state index in [4.69, 9.17) is 11.6 Å². The third-order valence-electron chi connectivity index (χ3n) is 5.23. The first-order chi connectivity index (χ1) is 12.8. The van der Waals surface area contributed by atoms with Crippen LogP contribution in [0.15, 0.2) is 66.7 Å². The Hall–Kier alpha value is -2.56. The van der Waals surface area contributed by atoms with Gasteiger partial charge in [-0.3, -0.25) is 9.91 Å². The zero-order valence-corrected chi connectivity index (χ0v) is 14.9. The van der Waals surface area contributed by atoms with Crippen molar-refractivity contribution in [2.75, 3.05) is 18.0 Å². The van der Waals surface area contributed by atoms with Crippen LogP contribution in [0.25, 0.3) is 10.8 Å². The molecule has 0 aromatic heterocycles. The van der Waals surface area contributed by atoms with E-state index >= 15 is 0 Å². The van der Waals surface area contributed by atoms with E-state index in [1.165, 1.54) is 0 Å². The predicted octanol–water partition coefficient (Wildman–Crippen LogP) is 5.05. The summed E-state index contributed by atoms with van der Waals surface area (Å²) in [5, 5.41) is 6.88. The molecule has 3 aromatic carbocycles. The molecule has 5 heteroatoms. The van der Waals surface area contributed by atoms with Crippen molar-refractivity contribution >= 4 is 34.1 Å². The van der Waals surface area contributed by atoms with Crippen LogP contribution in [0.3, 0.4) is 0 Å². The summed E-state index contributed by atoms with van der Waals surface area (Å²) in [5.74, 6) is 0. The van der Waals surface area contributed by atoms with Crippen molar-refractivity contribution in [3.63, 3.8) is 0 Å². The summed E-state index contributed by atoms with van der Waals surface area (Å²) in [5.41, 5.74) is 1.88. The molecular formula is C21H18ClN3O. The number of halogens is 1. The average Bonchev–Trinajstić information content (AvgIpc) is 3.24. The maximum absolute atomic E-state index is 13.3. The van der Waals surface area contributed by atoms with Crippen molar-refractivity contribution < 1.29 is 4.79 Å². The lowest BCUT2D eigenvalue weighted by atomic mass is 10.1. The molecule has 1 atom stereocenters. The van der Waals surface area contributed by atoms with Crippen LogP contribution in [-0.2, 0) is 0 Å². The maximum Gasteiger partial charge on any atom is 0.340 e. The minimum atomic E-state index is -0.218. The van der Waals surface area contributed by atoms with Gasteiger partial charge in [0.05, 0.1) is 5.69 Å². The van der Waals surface area contributed by atoms with Gasteiger partial charge in [-0.1, -0.05) is 66.2 Å². The number of carbonyl (C=O) groups is 1. The minimum absolute atomic E-state index is 0.0174. The highest BCUT2D eigenvalue weighted by Gasteiger charge is 2.48. The number of rotatable bonds is 2. The van der Waals surface area contributed by atoms with Crippen LogP contribution >= 0.6 is 11.6 Å². The molecule has 26 heavy (non-hydrogen) atoms. The number of nitrogens with zero attached hydrogens (tertiary/aromatic N) is 3. The van der Waals surface area contributed by atoms with Gasteiger partial charge in [0.25, 0.3) is 0 Å². The SMILES string of the molecule is O=C1N(c2cccc3ccccc23)[C@H](c2ccccc2Cl)N2CCCN12. The van der Waals surface area contributed by atoms with Gasteiger partial charge in [-0.2, -0.15) is 5.01 Å². The molecule has 0 spiro atoms. The number of urea groups is 1. The van der Waals surface area contributed by atoms with Gasteiger partial charge in [-0.05, 0) is 23.9 Å². The molecule has 2 aliphatic rings. The molecule has 2 heterocycles. The Morgan fingerprint density at radius 1 is 0.885 bits per heavy atom. The Labute approximate surface area is 157 Å². The number of hydrogen-bond donors (Lipinski definition) is 0. The van der Waals surface area contributed by atoms with Crippen molar-refractivity contribution in [2.24, 2.45) is 0 Å². The topological polar surface area (TPSA) is 26.8 Å². The van der Waals surface area contributed by atoms with E-state index in [0.717, 1.165) is 41.5 Å². The third kappa shape index (κ3) is 2.23. The van der Waals surface area contributed by atoms with Crippen LogP contribution in [0.1, 0.15) is 18.2 Å². The lowest BCUT2D eigenvalue weighted by molar-refractivity contribution is 0.0728. The molecule has 2 fully saturated rings. The van der Waals surface area contributed by atoms with Gasteiger partial charge >= 0.3 is 6.03 Å². The van der Waals surface area contributed by atoms with Gasteiger partial charge in [0.1, 0.15) is 6.17 Å². The zero-order valence-electron chi connectivity index (χ0n) is 14.2. The first kappa shape index (κ1) is 15.7. The number of fused-ring (bicyclic) bond motifs is 2. The van der Waals surface area contributed by atoms with Crippen LogP contribution in [0.5, 0.6) is 0 Å². The Balaban J connectivity index is 1.73. The van der Waals surface area contributed by atoms with E-state index in [1.54, 1.807) is 0 Å². The summed E-state index contributed by atoms with van der Waals surface area (Å²) in [6.45, 7) is 1.60. The first-order valence-electron chi connectivity index (χ1n) is 8.85. The molecule has 0 saturated carbocycles. The number of hydrogen-bond acceptors (Lipinski definition) is 2. The summed E-state index contributed by atoms with van der Waals surface area (Å²) in [6.07, 6.45) is 0.764. The van der Waals surface area contributed by atoms with Gasteiger partial charge in [-0.15, -0.1) is 0 Å². The highest BCUT2D eigenvalue weighted by atomic mass is 35.5. The molecule has 2 amide bonds. The van der Waals surface area contributed by atoms with Crippen LogP contribution in [-0.4, -0.2) is 29.1 Å². The lowest BCUT2D eigenvalue weighted by Crippen LogP contribution is -2.32. The van der Waals surface area contributed by atoms with Gasteiger partial charge in [0.15, 0.2) is 0 Å². The van der Waals surface area contributed by atoms with E-state index in [1.807, 2.05) is 58.4 Å². The lowest BCUT2D eigenvalue weighted by Gasteiger charge is -2.29. The highest BCUT2D eigenvalue weighted by Crippen LogP contribution is 2.44. The average molecular weight is 364 g/mol. The second-order valence-corrected chi connectivity index (χ2v) is 7.09. The van der Waals surface area contributed by atoms with E-state index in [9.17, 15) is 4.79 Å². The number of hydrazine groups is 1. The van der Waals surface area contributed by atoms with Crippen molar-refractivity contribution in [3.8, 4) is 0 Å². The molecule has 0 aliphatic carbocycles. The number of carbonyl (C=O) groups excluding carboxylic acids is 1. The standard InChI is InChI=1S/C21H18ClN3O/c22-18-11-4-3-10-17(18)20-23-13-6-14-24(23)21(26)25(20)19-12-5-8-15-7-1-2-9-16(15)19/h1-5,7-12,20H,6,13-14H2/t20-/m1/s1. The Bertz CT molecular complexity index is 1000. The van der Waals surface area contributed by atoms with Crippen LogP contribution in [0, 0.1) is 0 Å². The Morgan fingerprint density at radius 2 is 1.65 bits per heavy atom. The first-order valence-corrected chi connectivity index (χ1v) is 9.23. The molecule has 5 rings (SSSR count). The van der Waals surface area contributed by atoms with E-state index in [0.29, 0.717) is 5.02 Å². The summed E-state index contributed by atoms with van der Waals surface area (Å²) < 4.78 is 0. The fourth-order valence-corrected chi connectivity index (χ4v) is 4.32. The van der Waals surface area contributed by atoms with E-state index in [2.05, 4.69) is 23.2 Å². The molecule has 2 aliphatic heterocycles. The molecular weight excluding hydrogens is 346 g/mol. The van der Waals surface area contributed by atoms with Crippen molar-refractivity contribution in [3.05, 3.63) is 77.3 Å². The van der Waals surface area contributed by atoms with Gasteiger partial charge in [0.2, 0.25) is 0 Å². The molecule has 4 nitrogen and oxygen atoms in total. The fourth-order valence-electron chi connectivity index (χ4n) is 4.09. The van der Waals surface area contributed by atoms with Gasteiger partial charge in [0, 0.05) is 29.1 Å². The Morgan fingerprint density at radius 3 is 2.54 bits per heavy atom. The van der Waals surface area contributed by atoms with Crippen molar-refractivity contribution in [1.82, 2.24) is 10.0 Å². The Kier molecular flexibility index (Phi) is 3.62. The van der Waals surface area contributed by atoms with Crippen molar-refractivity contribution in [2.45, 2.75) is 12.6 Å². The highest BCUT2D eigenvalue weighted by molar-refractivity contribution is 6.31.